The first kappa shape index (κ1) is 13.4. The van der Waals surface area contributed by atoms with Gasteiger partial charge in [-0.2, -0.15) is 0 Å². The van der Waals surface area contributed by atoms with E-state index in [4.69, 9.17) is 0 Å². The second kappa shape index (κ2) is 5.41. The van der Waals surface area contributed by atoms with Gasteiger partial charge < -0.3 is 9.67 Å². The third-order valence-electron chi connectivity index (χ3n) is 4.70. The maximum Gasteiger partial charge on any atom is 0.0954 e. The van der Waals surface area contributed by atoms with E-state index in [1.165, 1.54) is 11.3 Å². The summed E-state index contributed by atoms with van der Waals surface area (Å²) >= 11 is 0. The van der Waals surface area contributed by atoms with E-state index in [2.05, 4.69) is 46.8 Å². The number of rotatable bonds is 2. The second-order valence-corrected chi connectivity index (χ2v) is 5.88. The van der Waals surface area contributed by atoms with Gasteiger partial charge in [-0.15, -0.1) is 0 Å². The van der Waals surface area contributed by atoms with Crippen LogP contribution in [0.25, 0.3) is 0 Å². The van der Waals surface area contributed by atoms with Gasteiger partial charge in [-0.05, 0) is 44.6 Å². The summed E-state index contributed by atoms with van der Waals surface area (Å²) < 4.78 is 2.16. The largest absolute Gasteiger partial charge is 0.391 e. The van der Waals surface area contributed by atoms with E-state index in [1.807, 2.05) is 13.3 Å². The van der Waals surface area contributed by atoms with Crippen molar-refractivity contribution in [3.8, 4) is 0 Å². The number of nitrogens with zero attached hydrogens (tertiary/aromatic N) is 2. The minimum Gasteiger partial charge on any atom is -0.391 e. The molecule has 0 aliphatic heterocycles. The molecule has 0 saturated heterocycles. The van der Waals surface area contributed by atoms with Gasteiger partial charge in [-0.25, -0.2) is 4.98 Å². The van der Waals surface area contributed by atoms with Crippen LogP contribution < -0.4 is 0 Å². The molecule has 1 N–H and O–H groups in total. The lowest BCUT2D eigenvalue weighted by Crippen LogP contribution is -2.31. The van der Waals surface area contributed by atoms with Gasteiger partial charge in [-0.1, -0.05) is 30.3 Å². The highest BCUT2D eigenvalue weighted by Crippen LogP contribution is 2.39. The standard InChI is InChI=1S/C17H22N2O/c1-12-13(2)19(11-18-12)16-10-15(8-9-17(16)20)14-6-4-3-5-7-14/h3-7,11,15-17,20H,8-10H2,1-2H3. The first-order chi connectivity index (χ1) is 9.66. The number of aliphatic hydroxyl groups is 1. The molecule has 1 aromatic heterocycles. The Morgan fingerprint density at radius 2 is 1.90 bits per heavy atom. The summed E-state index contributed by atoms with van der Waals surface area (Å²) in [5.41, 5.74) is 3.61. The molecule has 3 heteroatoms. The predicted molar refractivity (Wildman–Crippen MR) is 79.8 cm³/mol. The molecular formula is C17H22N2O. The summed E-state index contributed by atoms with van der Waals surface area (Å²) in [6.45, 7) is 4.11. The van der Waals surface area contributed by atoms with Crippen LogP contribution in [0.1, 0.15) is 48.2 Å². The predicted octanol–water partition coefficient (Wildman–Crippen LogP) is 3.37. The zero-order valence-electron chi connectivity index (χ0n) is 12.2. The van der Waals surface area contributed by atoms with Crippen LogP contribution >= 0.6 is 0 Å². The quantitative estimate of drug-likeness (QED) is 0.908. The molecule has 1 heterocycles. The Balaban J connectivity index is 1.86. The number of benzene rings is 1. The highest BCUT2D eigenvalue weighted by atomic mass is 16.3. The maximum atomic E-state index is 10.4. The smallest absolute Gasteiger partial charge is 0.0954 e. The van der Waals surface area contributed by atoms with Gasteiger partial charge in [0, 0.05) is 5.69 Å². The van der Waals surface area contributed by atoms with Crippen molar-refractivity contribution in [2.45, 2.75) is 51.2 Å². The Labute approximate surface area is 120 Å². The minimum atomic E-state index is -0.262. The van der Waals surface area contributed by atoms with Gasteiger partial charge in [0.1, 0.15) is 0 Å². The monoisotopic (exact) mass is 270 g/mol. The minimum absolute atomic E-state index is 0.148. The van der Waals surface area contributed by atoms with Crippen LogP contribution in [0, 0.1) is 13.8 Å². The maximum absolute atomic E-state index is 10.4. The van der Waals surface area contributed by atoms with Gasteiger partial charge in [0.05, 0.1) is 24.2 Å². The van der Waals surface area contributed by atoms with Crippen molar-refractivity contribution in [3.63, 3.8) is 0 Å². The lowest BCUT2D eigenvalue weighted by atomic mass is 9.79. The summed E-state index contributed by atoms with van der Waals surface area (Å²) in [6.07, 6.45) is 4.53. The Bertz CT molecular complexity index is 576. The molecule has 1 saturated carbocycles. The normalized spacial score (nSPS) is 26.6. The molecule has 0 radical (unpaired) electrons. The summed E-state index contributed by atoms with van der Waals surface area (Å²) in [5, 5.41) is 10.4. The van der Waals surface area contributed by atoms with Crippen LogP contribution in [-0.2, 0) is 0 Å². The fourth-order valence-corrected chi connectivity index (χ4v) is 3.31. The van der Waals surface area contributed by atoms with E-state index in [9.17, 15) is 5.11 Å². The number of hydrogen-bond donors (Lipinski definition) is 1. The molecule has 1 fully saturated rings. The molecule has 1 aliphatic rings. The highest BCUT2D eigenvalue weighted by Gasteiger charge is 2.31. The Hall–Kier alpha value is -1.61. The molecule has 0 bridgehead atoms. The van der Waals surface area contributed by atoms with Crippen molar-refractivity contribution < 1.29 is 5.11 Å². The van der Waals surface area contributed by atoms with Crippen LogP contribution in [0.3, 0.4) is 0 Å². The zero-order valence-corrected chi connectivity index (χ0v) is 12.2. The Morgan fingerprint density at radius 1 is 1.15 bits per heavy atom. The molecule has 106 valence electrons. The number of aromatic nitrogens is 2. The molecule has 1 aromatic carbocycles. The fourth-order valence-electron chi connectivity index (χ4n) is 3.31. The lowest BCUT2D eigenvalue weighted by molar-refractivity contribution is 0.0666. The number of imidazole rings is 1. The van der Waals surface area contributed by atoms with Crippen molar-refractivity contribution in [3.05, 3.63) is 53.6 Å². The number of hydrogen-bond acceptors (Lipinski definition) is 2. The van der Waals surface area contributed by atoms with Gasteiger partial charge in [0.25, 0.3) is 0 Å². The molecular weight excluding hydrogens is 248 g/mol. The first-order valence-corrected chi connectivity index (χ1v) is 7.40. The van der Waals surface area contributed by atoms with Gasteiger partial charge >= 0.3 is 0 Å². The Kier molecular flexibility index (Phi) is 3.62. The van der Waals surface area contributed by atoms with E-state index in [0.29, 0.717) is 5.92 Å². The van der Waals surface area contributed by atoms with Gasteiger partial charge in [-0.3, -0.25) is 0 Å². The average molecular weight is 270 g/mol. The van der Waals surface area contributed by atoms with Crippen molar-refractivity contribution in [2.75, 3.05) is 0 Å². The van der Waals surface area contributed by atoms with Gasteiger partial charge in [0.2, 0.25) is 0 Å². The zero-order chi connectivity index (χ0) is 14.1. The van der Waals surface area contributed by atoms with Gasteiger partial charge in [0.15, 0.2) is 0 Å². The lowest BCUT2D eigenvalue weighted by Gasteiger charge is -2.35. The fraction of sp³-hybridized carbons (Fsp3) is 0.471. The number of aryl methyl sites for hydroxylation is 1. The summed E-state index contributed by atoms with van der Waals surface area (Å²) in [4.78, 5) is 4.38. The summed E-state index contributed by atoms with van der Waals surface area (Å²) in [7, 11) is 0. The first-order valence-electron chi connectivity index (χ1n) is 7.40. The van der Waals surface area contributed by atoms with Crippen molar-refractivity contribution >= 4 is 0 Å². The van der Waals surface area contributed by atoms with E-state index < -0.39 is 0 Å². The van der Waals surface area contributed by atoms with Crippen molar-refractivity contribution in [1.29, 1.82) is 0 Å². The van der Waals surface area contributed by atoms with Crippen LogP contribution in [0.5, 0.6) is 0 Å². The average Bonchev–Trinajstić information content (AvgIpc) is 2.81. The third-order valence-corrected chi connectivity index (χ3v) is 4.70. The molecule has 2 aromatic rings. The SMILES string of the molecule is Cc1ncn(C2CC(c3ccccc3)CCC2O)c1C. The summed E-state index contributed by atoms with van der Waals surface area (Å²) in [6, 6.07) is 10.8. The van der Waals surface area contributed by atoms with Crippen LogP contribution in [0.15, 0.2) is 36.7 Å². The third kappa shape index (κ3) is 2.38. The molecule has 3 nitrogen and oxygen atoms in total. The van der Waals surface area contributed by atoms with Crippen LogP contribution in [0.2, 0.25) is 0 Å². The van der Waals surface area contributed by atoms with E-state index in [-0.39, 0.29) is 12.1 Å². The molecule has 3 unspecified atom stereocenters. The molecule has 0 spiro atoms. The molecule has 0 amide bonds. The van der Waals surface area contributed by atoms with E-state index >= 15 is 0 Å². The second-order valence-electron chi connectivity index (χ2n) is 5.88. The number of aliphatic hydroxyl groups excluding tert-OH is 1. The summed E-state index contributed by atoms with van der Waals surface area (Å²) in [5.74, 6) is 0.534. The molecule has 3 atom stereocenters. The van der Waals surface area contributed by atoms with E-state index in [0.717, 1.165) is 25.0 Å². The van der Waals surface area contributed by atoms with Crippen LogP contribution in [-0.4, -0.2) is 20.8 Å². The van der Waals surface area contributed by atoms with Crippen molar-refractivity contribution in [1.82, 2.24) is 9.55 Å². The van der Waals surface area contributed by atoms with Crippen LogP contribution in [0.4, 0.5) is 0 Å². The molecule has 1 aliphatic carbocycles. The Morgan fingerprint density at radius 3 is 2.55 bits per heavy atom. The molecule has 3 rings (SSSR count). The molecule has 20 heavy (non-hydrogen) atoms. The van der Waals surface area contributed by atoms with E-state index in [1.54, 1.807) is 0 Å². The highest BCUT2D eigenvalue weighted by molar-refractivity contribution is 5.21. The van der Waals surface area contributed by atoms with Crippen molar-refractivity contribution in [2.24, 2.45) is 0 Å². The topological polar surface area (TPSA) is 38.0 Å².